The number of carbonyl (C=O) groups excluding carboxylic acids is 2. The Morgan fingerprint density at radius 2 is 1.86 bits per heavy atom. The molecule has 0 N–H and O–H groups in total. The maximum absolute atomic E-state index is 12.5. The third-order valence-electron chi connectivity index (χ3n) is 5.70. The smallest absolute Gasteiger partial charge is 0.233 e. The fourth-order valence-electron chi connectivity index (χ4n) is 3.83. The fraction of sp³-hybridized carbons (Fsp3) is 0.700. The molecule has 9 heteroatoms. The molecular formula is C20H30ClN5O2S. The van der Waals surface area contributed by atoms with Gasteiger partial charge < -0.3 is 14.7 Å². The van der Waals surface area contributed by atoms with Crippen LogP contribution in [0.25, 0.3) is 0 Å². The lowest BCUT2D eigenvalue weighted by Gasteiger charge is -2.40. The molecule has 0 aliphatic carbocycles. The van der Waals surface area contributed by atoms with Gasteiger partial charge in [0, 0.05) is 51.3 Å². The third-order valence-corrected chi connectivity index (χ3v) is 6.72. The summed E-state index contributed by atoms with van der Waals surface area (Å²) in [6.07, 6.45) is 2.66. The molecule has 29 heavy (non-hydrogen) atoms. The molecule has 2 fully saturated rings. The van der Waals surface area contributed by atoms with E-state index in [9.17, 15) is 9.59 Å². The summed E-state index contributed by atoms with van der Waals surface area (Å²) in [5, 5.41) is 0.891. The second-order valence-corrected chi connectivity index (χ2v) is 9.25. The van der Waals surface area contributed by atoms with Crippen molar-refractivity contribution < 1.29 is 9.59 Å². The van der Waals surface area contributed by atoms with Gasteiger partial charge >= 0.3 is 0 Å². The minimum Gasteiger partial charge on any atom is -0.353 e. The molecular weight excluding hydrogens is 410 g/mol. The first-order valence-corrected chi connectivity index (χ1v) is 11.7. The van der Waals surface area contributed by atoms with Crippen LogP contribution in [0.1, 0.15) is 40.0 Å². The highest BCUT2D eigenvalue weighted by Crippen LogP contribution is 2.25. The van der Waals surface area contributed by atoms with Crippen LogP contribution in [0.2, 0.25) is 5.15 Å². The van der Waals surface area contributed by atoms with Gasteiger partial charge in [-0.3, -0.25) is 9.59 Å². The van der Waals surface area contributed by atoms with Gasteiger partial charge in [0.05, 0.1) is 5.75 Å². The number of rotatable bonds is 5. The van der Waals surface area contributed by atoms with Crippen molar-refractivity contribution in [3.8, 4) is 0 Å². The molecule has 2 aliphatic rings. The van der Waals surface area contributed by atoms with Gasteiger partial charge in [-0.15, -0.1) is 0 Å². The Bertz CT molecular complexity index is 742. The van der Waals surface area contributed by atoms with Crippen LogP contribution in [0.3, 0.4) is 0 Å². The molecule has 7 nitrogen and oxygen atoms in total. The SMILES string of the molecule is CCC(=O)N1CCN(c2cc(Cl)nc(SCC(=O)N3CCC(C)CC3)n2)CC1C. The standard InChI is InChI=1S/C20H30ClN5O2S/c1-4-18(27)26-10-9-25(12-15(26)3)17-11-16(21)22-20(23-17)29-13-19(28)24-7-5-14(2)6-8-24/h11,14-15H,4-10,12-13H2,1-3H3. The van der Waals surface area contributed by atoms with E-state index in [2.05, 4.69) is 28.7 Å². The molecule has 2 saturated heterocycles. The van der Waals surface area contributed by atoms with Gasteiger partial charge in [0.2, 0.25) is 11.8 Å². The van der Waals surface area contributed by atoms with E-state index in [1.54, 1.807) is 6.07 Å². The van der Waals surface area contributed by atoms with Crippen LogP contribution >= 0.6 is 23.4 Å². The van der Waals surface area contributed by atoms with E-state index in [1.807, 2.05) is 16.7 Å². The van der Waals surface area contributed by atoms with Crippen molar-refractivity contribution in [2.75, 3.05) is 43.4 Å². The van der Waals surface area contributed by atoms with E-state index in [-0.39, 0.29) is 17.9 Å². The third kappa shape index (κ3) is 5.75. The van der Waals surface area contributed by atoms with E-state index in [0.29, 0.717) is 48.0 Å². The van der Waals surface area contributed by atoms with Crippen molar-refractivity contribution in [2.24, 2.45) is 5.92 Å². The van der Waals surface area contributed by atoms with Gasteiger partial charge in [-0.25, -0.2) is 9.97 Å². The number of thioether (sulfide) groups is 1. The Morgan fingerprint density at radius 1 is 1.14 bits per heavy atom. The van der Waals surface area contributed by atoms with E-state index < -0.39 is 0 Å². The van der Waals surface area contributed by atoms with Gasteiger partial charge in [0.15, 0.2) is 5.16 Å². The van der Waals surface area contributed by atoms with Gasteiger partial charge in [0.25, 0.3) is 0 Å². The van der Waals surface area contributed by atoms with E-state index >= 15 is 0 Å². The number of hydrogen-bond donors (Lipinski definition) is 0. The second kappa shape index (κ2) is 9.98. The predicted octanol–water partition coefficient (Wildman–Crippen LogP) is 2.93. The molecule has 2 aliphatic heterocycles. The van der Waals surface area contributed by atoms with Crippen LogP contribution in [0.5, 0.6) is 0 Å². The molecule has 0 aromatic carbocycles. The number of amides is 2. The Hall–Kier alpha value is -1.54. The summed E-state index contributed by atoms with van der Waals surface area (Å²) in [4.78, 5) is 39.4. The van der Waals surface area contributed by atoms with Crippen LogP contribution < -0.4 is 4.90 Å². The van der Waals surface area contributed by atoms with E-state index in [1.165, 1.54) is 11.8 Å². The molecule has 2 amide bonds. The highest BCUT2D eigenvalue weighted by Gasteiger charge is 2.28. The number of anilines is 1. The predicted molar refractivity (Wildman–Crippen MR) is 116 cm³/mol. The van der Waals surface area contributed by atoms with Gasteiger partial charge in [0.1, 0.15) is 11.0 Å². The first kappa shape index (κ1) is 22.2. The second-order valence-electron chi connectivity index (χ2n) is 7.92. The topological polar surface area (TPSA) is 69.6 Å². The number of carbonyl (C=O) groups is 2. The van der Waals surface area contributed by atoms with Crippen molar-refractivity contribution in [3.05, 3.63) is 11.2 Å². The Labute approximate surface area is 182 Å². The van der Waals surface area contributed by atoms with Crippen molar-refractivity contribution in [1.82, 2.24) is 19.8 Å². The fourth-order valence-corrected chi connectivity index (χ4v) is 4.81. The summed E-state index contributed by atoms with van der Waals surface area (Å²) in [5.74, 6) is 2.08. The molecule has 1 atom stereocenters. The molecule has 1 unspecified atom stereocenters. The maximum Gasteiger partial charge on any atom is 0.233 e. The van der Waals surface area contributed by atoms with Crippen molar-refractivity contribution in [3.63, 3.8) is 0 Å². The number of halogens is 1. The van der Waals surface area contributed by atoms with Gasteiger partial charge in [-0.2, -0.15) is 0 Å². The van der Waals surface area contributed by atoms with Crippen LogP contribution in [0.15, 0.2) is 11.2 Å². The monoisotopic (exact) mass is 439 g/mol. The normalized spacial score (nSPS) is 20.8. The molecule has 0 saturated carbocycles. The highest BCUT2D eigenvalue weighted by atomic mass is 35.5. The van der Waals surface area contributed by atoms with Crippen molar-refractivity contribution in [1.29, 1.82) is 0 Å². The average molecular weight is 440 g/mol. The lowest BCUT2D eigenvalue weighted by atomic mass is 9.99. The zero-order valence-electron chi connectivity index (χ0n) is 17.4. The molecule has 160 valence electrons. The van der Waals surface area contributed by atoms with Crippen LogP contribution in [-0.4, -0.2) is 76.1 Å². The summed E-state index contributed by atoms with van der Waals surface area (Å²) >= 11 is 7.57. The van der Waals surface area contributed by atoms with Gasteiger partial charge in [-0.05, 0) is 25.7 Å². The lowest BCUT2D eigenvalue weighted by molar-refractivity contribution is -0.133. The number of piperidine rings is 1. The number of nitrogens with zero attached hydrogens (tertiary/aromatic N) is 5. The summed E-state index contributed by atoms with van der Waals surface area (Å²) in [7, 11) is 0. The maximum atomic E-state index is 12.5. The largest absolute Gasteiger partial charge is 0.353 e. The molecule has 1 aromatic rings. The highest BCUT2D eigenvalue weighted by molar-refractivity contribution is 7.99. The average Bonchev–Trinajstić information content (AvgIpc) is 2.71. The van der Waals surface area contributed by atoms with Crippen LogP contribution in [0, 0.1) is 5.92 Å². The minimum absolute atomic E-state index is 0.115. The quantitative estimate of drug-likeness (QED) is 0.399. The lowest BCUT2D eigenvalue weighted by Crippen LogP contribution is -2.54. The number of aromatic nitrogens is 2. The number of piperazine rings is 1. The van der Waals surface area contributed by atoms with E-state index in [4.69, 9.17) is 11.6 Å². The van der Waals surface area contributed by atoms with Crippen molar-refractivity contribution in [2.45, 2.75) is 51.2 Å². The Morgan fingerprint density at radius 3 is 2.52 bits per heavy atom. The Kier molecular flexibility index (Phi) is 7.62. The zero-order valence-corrected chi connectivity index (χ0v) is 19.0. The minimum atomic E-state index is 0.115. The zero-order chi connectivity index (χ0) is 21.0. The molecule has 1 aromatic heterocycles. The van der Waals surface area contributed by atoms with E-state index in [0.717, 1.165) is 31.7 Å². The first-order valence-electron chi connectivity index (χ1n) is 10.4. The summed E-state index contributed by atoms with van der Waals surface area (Å²) in [6.45, 7) is 9.92. The molecule has 0 radical (unpaired) electrons. The number of hydrogen-bond acceptors (Lipinski definition) is 6. The first-order chi connectivity index (χ1) is 13.9. The number of likely N-dealkylation sites (tertiary alicyclic amines) is 1. The summed E-state index contributed by atoms with van der Waals surface area (Å²) in [5.41, 5.74) is 0. The summed E-state index contributed by atoms with van der Waals surface area (Å²) in [6, 6.07) is 1.87. The summed E-state index contributed by atoms with van der Waals surface area (Å²) < 4.78 is 0. The molecule has 3 heterocycles. The van der Waals surface area contributed by atoms with Crippen LogP contribution in [-0.2, 0) is 9.59 Å². The van der Waals surface area contributed by atoms with Crippen LogP contribution in [0.4, 0.5) is 5.82 Å². The molecule has 3 rings (SSSR count). The Balaban J connectivity index is 1.60. The molecule has 0 spiro atoms. The van der Waals surface area contributed by atoms with Crippen molar-refractivity contribution >= 4 is 41.0 Å². The molecule has 0 bridgehead atoms. The van der Waals surface area contributed by atoms with Gasteiger partial charge in [-0.1, -0.05) is 37.2 Å².